The van der Waals surface area contributed by atoms with Gasteiger partial charge in [-0.1, -0.05) is 37.1 Å². The van der Waals surface area contributed by atoms with Gasteiger partial charge in [0.25, 0.3) is 0 Å². The average molecular weight is 502 g/mol. The molecule has 3 aliphatic rings. The number of nitrogens with one attached hydrogen (secondary N) is 1. The van der Waals surface area contributed by atoms with Gasteiger partial charge in [0.15, 0.2) is 0 Å². The maximum absolute atomic E-state index is 10.1. The van der Waals surface area contributed by atoms with E-state index in [1.165, 1.54) is 68.3 Å². The number of aromatic nitrogens is 3. The number of hydrogen-bond donors (Lipinski definition) is 2. The second kappa shape index (κ2) is 10.7. The number of piperidine rings is 1. The number of aliphatic hydroxyl groups excluding tert-OH is 1. The fraction of sp³-hybridized carbons (Fsp3) is 0.613. The zero-order chi connectivity index (χ0) is 25.4. The second-order valence-corrected chi connectivity index (χ2v) is 12.2. The third-order valence-electron chi connectivity index (χ3n) is 9.02. The molecule has 0 bridgehead atoms. The molecule has 6 heteroatoms. The van der Waals surface area contributed by atoms with E-state index in [2.05, 4.69) is 59.2 Å². The van der Waals surface area contributed by atoms with Crippen LogP contribution >= 0.6 is 0 Å². The molecule has 2 aromatic heterocycles. The number of anilines is 1. The number of nitrogens with zero attached hydrogens (tertiary/aromatic N) is 4. The molecule has 2 aliphatic carbocycles. The lowest BCUT2D eigenvalue weighted by molar-refractivity contribution is 0.111. The van der Waals surface area contributed by atoms with E-state index in [4.69, 9.17) is 9.97 Å². The third-order valence-corrected chi connectivity index (χ3v) is 9.02. The fourth-order valence-corrected chi connectivity index (χ4v) is 6.50. The van der Waals surface area contributed by atoms with Crippen LogP contribution in [0.1, 0.15) is 76.3 Å². The first-order chi connectivity index (χ1) is 18.0. The highest BCUT2D eigenvalue weighted by Crippen LogP contribution is 2.37. The van der Waals surface area contributed by atoms with Crippen LogP contribution in [0.5, 0.6) is 0 Å². The van der Waals surface area contributed by atoms with Crippen LogP contribution in [0.15, 0.2) is 36.7 Å². The van der Waals surface area contributed by atoms with Crippen molar-refractivity contribution in [2.24, 2.45) is 11.8 Å². The highest BCUT2D eigenvalue weighted by Gasteiger charge is 2.26. The molecule has 1 saturated heterocycles. The predicted octanol–water partition coefficient (Wildman–Crippen LogP) is 6.06. The monoisotopic (exact) mass is 501 g/mol. The van der Waals surface area contributed by atoms with Gasteiger partial charge in [-0.25, -0.2) is 4.98 Å². The summed E-state index contributed by atoms with van der Waals surface area (Å²) in [5, 5.41) is 14.8. The summed E-state index contributed by atoms with van der Waals surface area (Å²) >= 11 is 0. The van der Waals surface area contributed by atoms with Crippen LogP contribution in [-0.4, -0.2) is 56.8 Å². The van der Waals surface area contributed by atoms with Crippen LogP contribution in [0.4, 0.5) is 5.95 Å². The second-order valence-electron chi connectivity index (χ2n) is 12.2. The van der Waals surface area contributed by atoms with E-state index in [0.717, 1.165) is 54.5 Å². The van der Waals surface area contributed by atoms with Crippen LogP contribution in [0.3, 0.4) is 0 Å². The number of hydrogen-bond acceptors (Lipinski definition) is 5. The summed E-state index contributed by atoms with van der Waals surface area (Å²) in [6.07, 6.45) is 15.6. The van der Waals surface area contributed by atoms with E-state index in [-0.39, 0.29) is 6.10 Å². The maximum Gasteiger partial charge on any atom is 0.224 e. The van der Waals surface area contributed by atoms with Gasteiger partial charge < -0.3 is 19.9 Å². The Morgan fingerprint density at radius 3 is 2.41 bits per heavy atom. The maximum atomic E-state index is 10.1. The van der Waals surface area contributed by atoms with Gasteiger partial charge in [-0.2, -0.15) is 4.98 Å². The predicted molar refractivity (Wildman–Crippen MR) is 151 cm³/mol. The van der Waals surface area contributed by atoms with Crippen molar-refractivity contribution in [3.8, 4) is 11.1 Å². The minimum absolute atomic E-state index is 0.162. The quantitative estimate of drug-likeness (QED) is 0.393. The van der Waals surface area contributed by atoms with Gasteiger partial charge in [-0.05, 0) is 101 Å². The molecule has 6 nitrogen and oxygen atoms in total. The Morgan fingerprint density at radius 1 is 0.973 bits per heavy atom. The van der Waals surface area contributed by atoms with Gasteiger partial charge in [0, 0.05) is 35.4 Å². The summed E-state index contributed by atoms with van der Waals surface area (Å²) in [7, 11) is 2.23. The lowest BCUT2D eigenvalue weighted by atomic mass is 9.90. The number of benzene rings is 1. The fourth-order valence-electron chi connectivity index (χ4n) is 6.50. The van der Waals surface area contributed by atoms with Crippen molar-refractivity contribution in [1.29, 1.82) is 0 Å². The van der Waals surface area contributed by atoms with E-state index < -0.39 is 0 Å². The van der Waals surface area contributed by atoms with Crippen molar-refractivity contribution in [1.82, 2.24) is 19.4 Å². The first-order valence-corrected chi connectivity index (χ1v) is 14.6. The molecule has 198 valence electrons. The van der Waals surface area contributed by atoms with Crippen LogP contribution < -0.4 is 5.32 Å². The van der Waals surface area contributed by atoms with Crippen LogP contribution in [0.25, 0.3) is 22.2 Å². The first-order valence-electron chi connectivity index (χ1n) is 14.6. The van der Waals surface area contributed by atoms with Gasteiger partial charge in [0.05, 0.1) is 6.10 Å². The van der Waals surface area contributed by atoms with Crippen molar-refractivity contribution < 1.29 is 5.11 Å². The molecule has 2 saturated carbocycles. The Labute approximate surface area is 221 Å². The molecule has 0 spiro atoms. The van der Waals surface area contributed by atoms with E-state index in [0.29, 0.717) is 12.1 Å². The topological polar surface area (TPSA) is 66.2 Å². The Kier molecular flexibility index (Phi) is 7.22. The number of rotatable bonds is 8. The molecule has 1 unspecified atom stereocenters. The summed E-state index contributed by atoms with van der Waals surface area (Å²) in [5.74, 6) is 2.40. The van der Waals surface area contributed by atoms with Crippen LogP contribution in [0, 0.1) is 11.8 Å². The Balaban J connectivity index is 1.27. The molecule has 1 aromatic carbocycles. The zero-order valence-corrected chi connectivity index (χ0v) is 22.6. The molecule has 3 aromatic rings. The zero-order valence-electron chi connectivity index (χ0n) is 22.6. The molecule has 37 heavy (non-hydrogen) atoms. The molecule has 3 fully saturated rings. The standard InChI is InChI=1S/C31H43N5O/c1-21(17-22-3-4-22)33-31-32-19-28-29(20-36(30(28)34-31)26-9-11-27(37)12-10-26)25-7-5-23(6-8-25)18-24-13-15-35(2)16-14-24/h5-8,19-22,24,26-27,37H,3-4,9-18H2,1-2H3,(H,32,33,34). The summed E-state index contributed by atoms with van der Waals surface area (Å²) in [5.41, 5.74) is 4.90. The third kappa shape index (κ3) is 5.85. The highest BCUT2D eigenvalue weighted by molar-refractivity contribution is 5.94. The van der Waals surface area contributed by atoms with E-state index in [1.54, 1.807) is 0 Å². The molecule has 6 rings (SSSR count). The SMILES string of the molecule is CC(CC1CC1)Nc1ncc2c(-c3ccc(CC4CCN(C)CC4)cc3)cn(C3CCC(O)CC3)c2n1. The lowest BCUT2D eigenvalue weighted by Gasteiger charge is -2.29. The van der Waals surface area contributed by atoms with Crippen LogP contribution in [0.2, 0.25) is 0 Å². The molecular weight excluding hydrogens is 458 g/mol. The largest absolute Gasteiger partial charge is 0.393 e. The molecule has 2 N–H and O–H groups in total. The van der Waals surface area contributed by atoms with Gasteiger partial charge in [-0.3, -0.25) is 0 Å². The molecule has 1 atom stereocenters. The van der Waals surface area contributed by atoms with Gasteiger partial charge in [-0.15, -0.1) is 0 Å². The van der Waals surface area contributed by atoms with E-state index in [9.17, 15) is 5.11 Å². The van der Waals surface area contributed by atoms with Crippen molar-refractivity contribution in [3.63, 3.8) is 0 Å². The van der Waals surface area contributed by atoms with E-state index >= 15 is 0 Å². The number of aliphatic hydroxyl groups is 1. The Morgan fingerprint density at radius 2 is 1.70 bits per heavy atom. The van der Waals surface area contributed by atoms with E-state index in [1.807, 2.05) is 6.20 Å². The highest BCUT2D eigenvalue weighted by atomic mass is 16.3. The molecule has 0 radical (unpaired) electrons. The Hall–Kier alpha value is -2.44. The Bertz CT molecular complexity index is 1180. The first kappa shape index (κ1) is 24.9. The van der Waals surface area contributed by atoms with Crippen molar-refractivity contribution in [3.05, 3.63) is 42.2 Å². The molecule has 3 heterocycles. The summed E-state index contributed by atoms with van der Waals surface area (Å²) < 4.78 is 2.38. The van der Waals surface area contributed by atoms with Crippen molar-refractivity contribution >= 4 is 17.0 Å². The van der Waals surface area contributed by atoms with Crippen molar-refractivity contribution in [2.75, 3.05) is 25.5 Å². The summed E-state index contributed by atoms with van der Waals surface area (Å²) in [6.45, 7) is 4.68. The molecule has 1 aliphatic heterocycles. The van der Waals surface area contributed by atoms with Crippen molar-refractivity contribution in [2.45, 2.75) is 89.3 Å². The number of likely N-dealkylation sites (tertiary alicyclic amines) is 1. The summed E-state index contributed by atoms with van der Waals surface area (Å²) in [4.78, 5) is 12.3. The molecular formula is C31H43N5O. The average Bonchev–Trinajstić information content (AvgIpc) is 3.64. The lowest BCUT2D eigenvalue weighted by Crippen LogP contribution is -2.30. The van der Waals surface area contributed by atoms with Crippen LogP contribution in [-0.2, 0) is 6.42 Å². The minimum atomic E-state index is -0.162. The molecule has 0 amide bonds. The summed E-state index contributed by atoms with van der Waals surface area (Å²) in [6, 6.07) is 9.98. The van der Waals surface area contributed by atoms with Gasteiger partial charge in [0.1, 0.15) is 5.65 Å². The minimum Gasteiger partial charge on any atom is -0.393 e. The smallest absolute Gasteiger partial charge is 0.224 e. The van der Waals surface area contributed by atoms with Gasteiger partial charge in [0.2, 0.25) is 5.95 Å². The normalized spacial score (nSPS) is 24.4. The number of fused-ring (bicyclic) bond motifs is 1. The van der Waals surface area contributed by atoms with Gasteiger partial charge >= 0.3 is 0 Å².